The predicted molar refractivity (Wildman–Crippen MR) is 99.3 cm³/mol. The molecule has 0 aliphatic heterocycles. The van der Waals surface area contributed by atoms with E-state index in [1.165, 1.54) is 24.6 Å². The van der Waals surface area contributed by atoms with Gasteiger partial charge in [-0.25, -0.2) is 0 Å². The van der Waals surface area contributed by atoms with Gasteiger partial charge in [-0.15, -0.1) is 11.8 Å². The molecule has 3 nitrogen and oxygen atoms in total. The van der Waals surface area contributed by atoms with Crippen molar-refractivity contribution in [3.63, 3.8) is 0 Å². The molecule has 2 saturated carbocycles. The van der Waals surface area contributed by atoms with Crippen LogP contribution in [0.5, 0.6) is 0 Å². The Hall–Kier alpha value is -1.29. The van der Waals surface area contributed by atoms with E-state index < -0.39 is 0 Å². The number of nitrogens with one attached hydrogen (secondary N) is 1. The molecule has 1 amide bonds. The molecule has 2 bridgehead atoms. The molecular formula is C20H27NO2S. The van der Waals surface area contributed by atoms with Crippen LogP contribution in [0.25, 0.3) is 0 Å². The first-order valence-electron chi connectivity index (χ1n) is 8.80. The lowest BCUT2D eigenvalue weighted by molar-refractivity contribution is -0.120. The van der Waals surface area contributed by atoms with E-state index in [0.717, 1.165) is 12.3 Å². The molecule has 1 aromatic rings. The first kappa shape index (κ1) is 17.5. The minimum absolute atomic E-state index is 0.0652. The summed E-state index contributed by atoms with van der Waals surface area (Å²) in [5.41, 5.74) is 1.23. The van der Waals surface area contributed by atoms with Crippen LogP contribution in [0, 0.1) is 16.7 Å². The molecule has 0 heterocycles. The smallest absolute Gasteiger partial charge is 0.230 e. The molecule has 0 saturated heterocycles. The highest BCUT2D eigenvalue weighted by molar-refractivity contribution is 8.00. The first-order valence-corrected chi connectivity index (χ1v) is 9.95. The van der Waals surface area contributed by atoms with Crippen LogP contribution in [0.4, 0.5) is 0 Å². The van der Waals surface area contributed by atoms with Crippen molar-refractivity contribution in [2.75, 3.05) is 11.5 Å². The Labute approximate surface area is 149 Å². The highest BCUT2D eigenvalue weighted by Gasteiger charge is 2.61. The lowest BCUT2D eigenvalue weighted by atomic mass is 9.69. The largest absolute Gasteiger partial charge is 0.352 e. The van der Waals surface area contributed by atoms with E-state index in [0.29, 0.717) is 22.5 Å². The first-order chi connectivity index (χ1) is 11.3. The van der Waals surface area contributed by atoms with Gasteiger partial charge in [0.25, 0.3) is 0 Å². The minimum Gasteiger partial charge on any atom is -0.352 e. The van der Waals surface area contributed by atoms with Gasteiger partial charge in [-0.3, -0.25) is 9.59 Å². The maximum Gasteiger partial charge on any atom is 0.230 e. The van der Waals surface area contributed by atoms with E-state index in [2.05, 4.69) is 26.1 Å². The van der Waals surface area contributed by atoms with E-state index in [4.69, 9.17) is 0 Å². The second-order valence-corrected chi connectivity index (χ2v) is 9.00. The maximum atomic E-state index is 12.3. The number of ketones is 1. The van der Waals surface area contributed by atoms with Gasteiger partial charge in [-0.05, 0) is 36.0 Å². The van der Waals surface area contributed by atoms with Crippen molar-refractivity contribution < 1.29 is 9.59 Å². The van der Waals surface area contributed by atoms with Crippen LogP contribution >= 0.6 is 11.8 Å². The van der Waals surface area contributed by atoms with Crippen LogP contribution in [-0.4, -0.2) is 29.2 Å². The fraction of sp³-hybridized carbons (Fsp3) is 0.600. The number of benzene rings is 1. The summed E-state index contributed by atoms with van der Waals surface area (Å²) < 4.78 is 0. The molecule has 2 aliphatic carbocycles. The summed E-state index contributed by atoms with van der Waals surface area (Å²) in [5.74, 6) is 1.58. The van der Waals surface area contributed by atoms with Gasteiger partial charge in [0.05, 0.1) is 11.5 Å². The lowest BCUT2D eigenvalue weighted by Crippen LogP contribution is -2.47. The second-order valence-electron chi connectivity index (χ2n) is 8.01. The summed E-state index contributed by atoms with van der Waals surface area (Å²) in [7, 11) is 0. The van der Waals surface area contributed by atoms with Crippen molar-refractivity contribution in [3.8, 4) is 0 Å². The zero-order valence-electron chi connectivity index (χ0n) is 14.8. The van der Waals surface area contributed by atoms with Crippen LogP contribution in [0.3, 0.4) is 0 Å². The number of rotatable bonds is 6. The lowest BCUT2D eigenvalue weighted by Gasteiger charge is -2.39. The third-order valence-electron chi connectivity index (χ3n) is 6.69. The minimum atomic E-state index is 0.0652. The van der Waals surface area contributed by atoms with E-state index in [1.54, 1.807) is 0 Å². The molecule has 24 heavy (non-hydrogen) atoms. The van der Waals surface area contributed by atoms with Gasteiger partial charge < -0.3 is 5.32 Å². The quantitative estimate of drug-likeness (QED) is 0.795. The van der Waals surface area contributed by atoms with E-state index in [9.17, 15) is 9.59 Å². The molecule has 0 spiro atoms. The van der Waals surface area contributed by atoms with Crippen LogP contribution in [0.15, 0.2) is 30.3 Å². The highest BCUT2D eigenvalue weighted by atomic mass is 32.2. The molecule has 4 heteroatoms. The van der Waals surface area contributed by atoms with Gasteiger partial charge in [0.15, 0.2) is 5.78 Å². The Bertz CT molecular complexity index is 628. The summed E-state index contributed by atoms with van der Waals surface area (Å²) in [6.07, 6.45) is 3.59. The van der Waals surface area contributed by atoms with Crippen LogP contribution in [-0.2, 0) is 4.79 Å². The standard InChI is InChI=1S/C20H27NO2S/c1-19(2)15-9-10-20(19,3)17(11-15)21-18(23)13-24-12-16(22)14-7-5-4-6-8-14/h4-8,15,17H,9-13H2,1-3H3,(H,21,23). The molecule has 3 atom stereocenters. The number of carbonyl (C=O) groups excluding carboxylic acids is 2. The van der Waals surface area contributed by atoms with Crippen LogP contribution in [0.2, 0.25) is 0 Å². The molecule has 2 fully saturated rings. The molecule has 130 valence electrons. The fourth-order valence-electron chi connectivity index (χ4n) is 4.60. The third kappa shape index (κ3) is 3.01. The zero-order chi connectivity index (χ0) is 17.4. The number of Topliss-reactive ketones (excluding diaryl/α,β-unsaturated/α-hetero) is 1. The predicted octanol–water partition coefficient (Wildman–Crippen LogP) is 3.93. The number of carbonyl (C=O) groups is 2. The van der Waals surface area contributed by atoms with Gasteiger partial charge in [0, 0.05) is 11.6 Å². The topological polar surface area (TPSA) is 46.2 Å². The monoisotopic (exact) mass is 345 g/mol. The summed E-state index contributed by atoms with van der Waals surface area (Å²) in [6, 6.07) is 9.55. The number of hydrogen-bond acceptors (Lipinski definition) is 3. The van der Waals surface area contributed by atoms with Crippen molar-refractivity contribution in [1.82, 2.24) is 5.32 Å². The number of thioether (sulfide) groups is 1. The molecule has 2 aliphatic rings. The van der Waals surface area contributed by atoms with E-state index in [1.807, 2.05) is 30.3 Å². The maximum absolute atomic E-state index is 12.3. The van der Waals surface area contributed by atoms with Gasteiger partial charge in [0.2, 0.25) is 5.91 Å². The average Bonchev–Trinajstić information content (AvgIpc) is 2.89. The van der Waals surface area contributed by atoms with Gasteiger partial charge in [-0.1, -0.05) is 51.1 Å². The average molecular weight is 346 g/mol. The Morgan fingerprint density at radius 1 is 1.17 bits per heavy atom. The molecule has 1 N–H and O–H groups in total. The Kier molecular flexibility index (Phi) is 4.78. The summed E-state index contributed by atoms with van der Waals surface area (Å²) in [4.78, 5) is 24.4. The molecule has 0 aromatic heterocycles. The second kappa shape index (κ2) is 6.55. The molecule has 3 unspecified atom stereocenters. The van der Waals surface area contributed by atoms with Crippen molar-refractivity contribution in [2.24, 2.45) is 16.7 Å². The number of hydrogen-bond donors (Lipinski definition) is 1. The van der Waals surface area contributed by atoms with Gasteiger partial charge >= 0.3 is 0 Å². The fourth-order valence-corrected chi connectivity index (χ4v) is 5.32. The van der Waals surface area contributed by atoms with Crippen LogP contribution < -0.4 is 5.32 Å². The van der Waals surface area contributed by atoms with E-state index >= 15 is 0 Å². The van der Waals surface area contributed by atoms with Crippen molar-refractivity contribution >= 4 is 23.5 Å². The van der Waals surface area contributed by atoms with Crippen molar-refractivity contribution in [3.05, 3.63) is 35.9 Å². The summed E-state index contributed by atoms with van der Waals surface area (Å²) in [5, 5.41) is 3.25. The number of amides is 1. The molecule has 0 radical (unpaired) electrons. The van der Waals surface area contributed by atoms with Gasteiger partial charge in [0.1, 0.15) is 0 Å². The number of fused-ring (bicyclic) bond motifs is 2. The molecular weight excluding hydrogens is 318 g/mol. The van der Waals surface area contributed by atoms with Gasteiger partial charge in [-0.2, -0.15) is 0 Å². The Morgan fingerprint density at radius 2 is 1.88 bits per heavy atom. The molecule has 3 rings (SSSR count). The summed E-state index contributed by atoms with van der Waals surface area (Å²) in [6.45, 7) is 7.03. The highest BCUT2D eigenvalue weighted by Crippen LogP contribution is 2.65. The van der Waals surface area contributed by atoms with E-state index in [-0.39, 0.29) is 23.1 Å². The normalized spacial score (nSPS) is 30.3. The van der Waals surface area contributed by atoms with Crippen LogP contribution in [0.1, 0.15) is 50.4 Å². The Morgan fingerprint density at radius 3 is 2.46 bits per heavy atom. The van der Waals surface area contributed by atoms with Crippen molar-refractivity contribution in [1.29, 1.82) is 0 Å². The Balaban J connectivity index is 1.47. The summed E-state index contributed by atoms with van der Waals surface area (Å²) >= 11 is 1.40. The van der Waals surface area contributed by atoms with Crippen molar-refractivity contribution in [2.45, 2.75) is 46.1 Å². The zero-order valence-corrected chi connectivity index (χ0v) is 15.6. The molecule has 1 aromatic carbocycles. The third-order valence-corrected chi connectivity index (χ3v) is 7.62. The SMILES string of the molecule is CC1(C)C2CCC1(C)C(NC(=O)CSCC(=O)c1ccccc1)C2.